The minimum absolute atomic E-state index is 0.815. The van der Waals surface area contributed by atoms with Gasteiger partial charge in [-0.15, -0.1) is 0 Å². The Bertz CT molecular complexity index is 269. The van der Waals surface area contributed by atoms with Crippen molar-refractivity contribution in [1.29, 1.82) is 0 Å². The van der Waals surface area contributed by atoms with Crippen LogP contribution in [0.15, 0.2) is 24.3 Å². The van der Waals surface area contributed by atoms with Gasteiger partial charge in [0, 0.05) is 32.5 Å². The molecular weight excluding hydrogens is 188 g/mol. The molecule has 2 N–H and O–H groups in total. The monoisotopic (exact) mass is 209 g/mol. The molecule has 1 rings (SSSR count). The molecule has 0 radical (unpaired) electrons. The lowest BCUT2D eigenvalue weighted by Crippen LogP contribution is -2.83. The Morgan fingerprint density at radius 1 is 1.20 bits per heavy atom. The van der Waals surface area contributed by atoms with Gasteiger partial charge in [0.1, 0.15) is 6.54 Å². The Balaban J connectivity index is 2.36. The number of nitrogens with two attached hydrogens (primary N) is 1. The van der Waals surface area contributed by atoms with Gasteiger partial charge in [-0.1, -0.05) is 12.1 Å². The predicted octanol–water partition coefficient (Wildman–Crippen LogP) is 0.462. The van der Waals surface area contributed by atoms with Gasteiger partial charge in [-0.25, -0.2) is 0 Å². The van der Waals surface area contributed by atoms with Crippen molar-refractivity contribution in [1.82, 2.24) is 0 Å². The van der Waals surface area contributed by atoms with Crippen LogP contribution < -0.4 is 10.2 Å². The van der Waals surface area contributed by atoms with E-state index in [9.17, 15) is 0 Å². The largest absolute Gasteiger partial charge is 0.379 e. The van der Waals surface area contributed by atoms with E-state index < -0.39 is 0 Å². The summed E-state index contributed by atoms with van der Waals surface area (Å²) in [5.74, 6) is 0. The normalized spacial score (nSPS) is 10.3. The molecule has 0 aliphatic carbocycles. The number of methoxy groups -OCH3 is 1. The maximum atomic E-state index is 4.99. The lowest BCUT2D eigenvalue weighted by molar-refractivity contribution is -0.671. The Hall–Kier alpha value is -1.06. The first-order valence-corrected chi connectivity index (χ1v) is 5.31. The summed E-state index contributed by atoms with van der Waals surface area (Å²) in [4.78, 5) is 2.11. The van der Waals surface area contributed by atoms with E-state index in [-0.39, 0.29) is 0 Å². The van der Waals surface area contributed by atoms with Gasteiger partial charge in [-0.3, -0.25) is 0 Å². The lowest BCUT2D eigenvalue weighted by Gasteiger charge is -2.12. The second-order valence-electron chi connectivity index (χ2n) is 3.84. The molecule has 0 spiro atoms. The maximum Gasteiger partial charge on any atom is 0.101 e. The zero-order valence-electron chi connectivity index (χ0n) is 9.86. The van der Waals surface area contributed by atoms with Gasteiger partial charge < -0.3 is 15.0 Å². The molecule has 0 unspecified atom stereocenters. The van der Waals surface area contributed by atoms with Gasteiger partial charge >= 0.3 is 0 Å². The van der Waals surface area contributed by atoms with Gasteiger partial charge in [-0.05, 0) is 12.1 Å². The number of quaternary nitrogens is 1. The lowest BCUT2D eigenvalue weighted by atomic mass is 10.2. The number of hydrogen-bond acceptors (Lipinski definition) is 2. The SMILES string of the molecule is COCC[NH2+]Cc1ccc(N(C)C)cc1. The number of hydrogen-bond donors (Lipinski definition) is 1. The number of nitrogens with zero attached hydrogens (tertiary/aromatic N) is 1. The van der Waals surface area contributed by atoms with Crippen LogP contribution in [-0.4, -0.2) is 34.4 Å². The van der Waals surface area contributed by atoms with Crippen molar-refractivity contribution in [3.63, 3.8) is 0 Å². The number of benzene rings is 1. The van der Waals surface area contributed by atoms with Crippen molar-refractivity contribution in [2.24, 2.45) is 0 Å². The topological polar surface area (TPSA) is 29.1 Å². The summed E-state index contributed by atoms with van der Waals surface area (Å²) in [7, 11) is 5.85. The fraction of sp³-hybridized carbons (Fsp3) is 0.500. The Morgan fingerprint density at radius 2 is 1.87 bits per heavy atom. The summed E-state index contributed by atoms with van der Waals surface area (Å²) in [5.41, 5.74) is 2.60. The van der Waals surface area contributed by atoms with Crippen LogP contribution in [0, 0.1) is 0 Å². The van der Waals surface area contributed by atoms with Gasteiger partial charge in [0.25, 0.3) is 0 Å². The first kappa shape index (κ1) is 12.0. The van der Waals surface area contributed by atoms with Crippen LogP contribution in [0.1, 0.15) is 5.56 Å². The van der Waals surface area contributed by atoms with Crippen molar-refractivity contribution in [2.75, 3.05) is 39.3 Å². The van der Waals surface area contributed by atoms with Crippen LogP contribution >= 0.6 is 0 Å². The van der Waals surface area contributed by atoms with E-state index in [4.69, 9.17) is 4.74 Å². The van der Waals surface area contributed by atoms with Crippen LogP contribution in [0.5, 0.6) is 0 Å². The molecule has 0 fully saturated rings. The summed E-state index contributed by atoms with van der Waals surface area (Å²) in [6, 6.07) is 8.66. The highest BCUT2D eigenvalue weighted by atomic mass is 16.5. The Kier molecular flexibility index (Phi) is 5.15. The van der Waals surface area contributed by atoms with Crippen molar-refractivity contribution in [3.8, 4) is 0 Å². The minimum atomic E-state index is 0.815. The average Bonchev–Trinajstić information content (AvgIpc) is 2.25. The molecule has 0 aliphatic heterocycles. The van der Waals surface area contributed by atoms with E-state index in [2.05, 4.69) is 48.6 Å². The third-order valence-corrected chi connectivity index (χ3v) is 2.36. The van der Waals surface area contributed by atoms with Gasteiger partial charge in [-0.2, -0.15) is 0 Å². The molecule has 0 bridgehead atoms. The second-order valence-corrected chi connectivity index (χ2v) is 3.84. The highest BCUT2D eigenvalue weighted by Crippen LogP contribution is 2.11. The smallest absolute Gasteiger partial charge is 0.101 e. The quantitative estimate of drug-likeness (QED) is 0.690. The van der Waals surface area contributed by atoms with E-state index >= 15 is 0 Å². The molecule has 1 aromatic rings. The van der Waals surface area contributed by atoms with Gasteiger partial charge in [0.2, 0.25) is 0 Å². The van der Waals surface area contributed by atoms with Crippen molar-refractivity contribution < 1.29 is 10.1 Å². The van der Waals surface area contributed by atoms with E-state index in [1.165, 1.54) is 11.3 Å². The van der Waals surface area contributed by atoms with Gasteiger partial charge in [0.05, 0.1) is 13.2 Å². The fourth-order valence-electron chi connectivity index (χ4n) is 1.40. The predicted molar refractivity (Wildman–Crippen MR) is 63.1 cm³/mol. The zero-order chi connectivity index (χ0) is 11.1. The van der Waals surface area contributed by atoms with E-state index in [0.717, 1.165) is 19.7 Å². The van der Waals surface area contributed by atoms with Gasteiger partial charge in [0.15, 0.2) is 0 Å². The molecule has 0 amide bonds. The summed E-state index contributed by atoms with van der Waals surface area (Å²) in [6.45, 7) is 2.86. The third kappa shape index (κ3) is 4.32. The fourth-order valence-corrected chi connectivity index (χ4v) is 1.40. The molecule has 0 heterocycles. The summed E-state index contributed by atoms with van der Waals surface area (Å²) < 4.78 is 4.99. The molecular formula is C12H21N2O+. The zero-order valence-corrected chi connectivity index (χ0v) is 9.86. The van der Waals surface area contributed by atoms with E-state index in [1.807, 2.05) is 0 Å². The molecule has 1 aromatic carbocycles. The highest BCUT2D eigenvalue weighted by Gasteiger charge is 1.97. The van der Waals surface area contributed by atoms with Crippen LogP contribution in [0.3, 0.4) is 0 Å². The molecule has 0 aliphatic rings. The van der Waals surface area contributed by atoms with Crippen molar-refractivity contribution in [3.05, 3.63) is 29.8 Å². The molecule has 3 nitrogen and oxygen atoms in total. The number of rotatable bonds is 6. The standard InChI is InChI=1S/C12H20N2O/c1-14(2)12-6-4-11(5-7-12)10-13-8-9-15-3/h4-7,13H,8-10H2,1-3H3/p+1. The Morgan fingerprint density at radius 3 is 2.40 bits per heavy atom. The van der Waals surface area contributed by atoms with E-state index in [1.54, 1.807) is 7.11 Å². The van der Waals surface area contributed by atoms with Crippen LogP contribution in [0.25, 0.3) is 0 Å². The molecule has 0 saturated carbocycles. The molecule has 84 valence electrons. The van der Waals surface area contributed by atoms with Crippen molar-refractivity contribution >= 4 is 5.69 Å². The molecule has 0 saturated heterocycles. The second kappa shape index (κ2) is 6.43. The first-order chi connectivity index (χ1) is 7.24. The third-order valence-electron chi connectivity index (χ3n) is 2.36. The highest BCUT2D eigenvalue weighted by molar-refractivity contribution is 5.45. The molecule has 0 aromatic heterocycles. The van der Waals surface area contributed by atoms with Crippen LogP contribution in [0.4, 0.5) is 5.69 Å². The number of ether oxygens (including phenoxy) is 1. The summed E-state index contributed by atoms with van der Waals surface area (Å²) in [6.07, 6.45) is 0. The molecule has 15 heavy (non-hydrogen) atoms. The number of anilines is 1. The molecule has 3 heteroatoms. The molecule has 0 atom stereocenters. The minimum Gasteiger partial charge on any atom is -0.379 e. The first-order valence-electron chi connectivity index (χ1n) is 5.31. The van der Waals surface area contributed by atoms with Crippen molar-refractivity contribution in [2.45, 2.75) is 6.54 Å². The maximum absolute atomic E-state index is 4.99. The van der Waals surface area contributed by atoms with Crippen LogP contribution in [0.2, 0.25) is 0 Å². The summed E-state index contributed by atoms with van der Waals surface area (Å²) >= 11 is 0. The van der Waals surface area contributed by atoms with Crippen LogP contribution in [-0.2, 0) is 11.3 Å². The Labute approximate surface area is 92.0 Å². The van der Waals surface area contributed by atoms with E-state index in [0.29, 0.717) is 0 Å². The average molecular weight is 209 g/mol. The summed E-state index contributed by atoms with van der Waals surface area (Å²) in [5, 5.41) is 2.26.